The van der Waals surface area contributed by atoms with Crippen LogP contribution in [0.1, 0.15) is 29.8 Å². The second-order valence-electron chi connectivity index (χ2n) is 3.07. The van der Waals surface area contributed by atoms with Gasteiger partial charge in [-0.3, -0.25) is 0 Å². The number of hydrogen-bond acceptors (Lipinski definition) is 3. The van der Waals surface area contributed by atoms with Gasteiger partial charge < -0.3 is 4.74 Å². The van der Waals surface area contributed by atoms with E-state index in [0.717, 1.165) is 28.2 Å². The van der Waals surface area contributed by atoms with E-state index in [1.165, 1.54) is 7.11 Å². The lowest BCUT2D eigenvalue weighted by molar-refractivity contribution is 0.0595. The van der Waals surface area contributed by atoms with Gasteiger partial charge in [-0.2, -0.15) is 0 Å². The van der Waals surface area contributed by atoms with Crippen LogP contribution < -0.4 is 0 Å². The first kappa shape index (κ1) is 12.1. The summed E-state index contributed by atoms with van der Waals surface area (Å²) >= 11 is 1.67. The maximum atomic E-state index is 11.7. The van der Waals surface area contributed by atoms with Gasteiger partial charge in [-0.05, 0) is 23.8 Å². The van der Waals surface area contributed by atoms with Gasteiger partial charge in [-0.25, -0.2) is 4.79 Å². The smallest absolute Gasteiger partial charge is 0.339 e. The monoisotopic (exact) mass is 224 g/mol. The molecule has 0 spiro atoms. The molecule has 0 radical (unpaired) electrons. The van der Waals surface area contributed by atoms with Crippen LogP contribution in [0.5, 0.6) is 0 Å². The molecular weight excluding hydrogens is 208 g/mol. The van der Waals surface area contributed by atoms with Gasteiger partial charge >= 0.3 is 5.97 Å². The maximum absolute atomic E-state index is 11.7. The van der Waals surface area contributed by atoms with Crippen LogP contribution in [0.15, 0.2) is 23.1 Å². The average molecular weight is 224 g/mol. The van der Waals surface area contributed by atoms with Crippen LogP contribution in [-0.2, 0) is 11.2 Å². The molecular formula is C12H16O2S. The van der Waals surface area contributed by atoms with Gasteiger partial charge in [-0.1, -0.05) is 26.0 Å². The molecule has 0 aliphatic rings. The van der Waals surface area contributed by atoms with Crippen molar-refractivity contribution in [2.24, 2.45) is 0 Å². The summed E-state index contributed by atoms with van der Waals surface area (Å²) in [7, 11) is 1.43. The van der Waals surface area contributed by atoms with Crippen LogP contribution in [0.4, 0.5) is 0 Å². The molecule has 1 aromatic carbocycles. The Hall–Kier alpha value is -0.960. The highest BCUT2D eigenvalue weighted by Crippen LogP contribution is 2.26. The zero-order valence-electron chi connectivity index (χ0n) is 9.37. The minimum atomic E-state index is -0.233. The number of ether oxygens (including phenoxy) is 1. The summed E-state index contributed by atoms with van der Waals surface area (Å²) in [5.41, 5.74) is 1.79. The minimum Gasteiger partial charge on any atom is -0.465 e. The highest BCUT2D eigenvalue weighted by atomic mass is 32.2. The molecule has 0 bridgehead atoms. The Kier molecular flexibility index (Phi) is 4.69. The lowest BCUT2D eigenvalue weighted by atomic mass is 10.1. The topological polar surface area (TPSA) is 26.3 Å². The Bertz CT molecular complexity index is 347. The summed E-state index contributed by atoms with van der Waals surface area (Å²) < 4.78 is 4.81. The first-order valence-electron chi connectivity index (χ1n) is 5.07. The number of thioether (sulfide) groups is 1. The van der Waals surface area contributed by atoms with Gasteiger partial charge in [0, 0.05) is 4.90 Å². The molecule has 0 aliphatic heterocycles. The van der Waals surface area contributed by atoms with Gasteiger partial charge in [-0.15, -0.1) is 11.8 Å². The molecule has 15 heavy (non-hydrogen) atoms. The fraction of sp³-hybridized carbons (Fsp3) is 0.417. The molecule has 0 saturated heterocycles. The summed E-state index contributed by atoms with van der Waals surface area (Å²) in [6, 6.07) is 5.94. The molecule has 0 saturated carbocycles. The Labute approximate surface area is 95.0 Å². The van der Waals surface area contributed by atoms with E-state index in [1.807, 2.05) is 25.1 Å². The number of esters is 1. The van der Waals surface area contributed by atoms with Gasteiger partial charge in [0.15, 0.2) is 0 Å². The normalized spacial score (nSPS) is 10.1. The number of carbonyl (C=O) groups is 1. The number of aryl methyl sites for hydroxylation is 1. The standard InChI is InChI=1S/C12H16O2S/c1-4-9-7-6-8-10(15-5-2)11(9)12(13)14-3/h6-8H,4-5H2,1-3H3. The van der Waals surface area contributed by atoms with E-state index in [4.69, 9.17) is 4.74 Å². The van der Waals surface area contributed by atoms with Crippen molar-refractivity contribution >= 4 is 17.7 Å². The van der Waals surface area contributed by atoms with E-state index < -0.39 is 0 Å². The van der Waals surface area contributed by atoms with Crippen molar-refractivity contribution in [1.29, 1.82) is 0 Å². The average Bonchev–Trinajstić information content (AvgIpc) is 2.28. The molecule has 82 valence electrons. The molecule has 0 heterocycles. The van der Waals surface area contributed by atoms with Crippen molar-refractivity contribution in [3.05, 3.63) is 29.3 Å². The minimum absolute atomic E-state index is 0.233. The van der Waals surface area contributed by atoms with Crippen LogP contribution in [0.3, 0.4) is 0 Å². The van der Waals surface area contributed by atoms with Crippen LogP contribution in [0.25, 0.3) is 0 Å². The van der Waals surface area contributed by atoms with E-state index >= 15 is 0 Å². The summed E-state index contributed by atoms with van der Waals surface area (Å²) in [5, 5.41) is 0. The van der Waals surface area contributed by atoms with E-state index in [-0.39, 0.29) is 5.97 Å². The lowest BCUT2D eigenvalue weighted by Crippen LogP contribution is -2.07. The number of carbonyl (C=O) groups excluding carboxylic acids is 1. The van der Waals surface area contributed by atoms with E-state index in [2.05, 4.69) is 6.92 Å². The Morgan fingerprint density at radius 3 is 2.67 bits per heavy atom. The predicted molar refractivity (Wildman–Crippen MR) is 63.6 cm³/mol. The molecule has 0 aromatic heterocycles. The van der Waals surface area contributed by atoms with Crippen LogP contribution in [0.2, 0.25) is 0 Å². The predicted octanol–water partition coefficient (Wildman–Crippen LogP) is 3.15. The lowest BCUT2D eigenvalue weighted by Gasteiger charge is -2.10. The van der Waals surface area contributed by atoms with Crippen molar-refractivity contribution in [2.75, 3.05) is 12.9 Å². The van der Waals surface area contributed by atoms with Crippen LogP contribution in [0, 0.1) is 0 Å². The van der Waals surface area contributed by atoms with Crippen molar-refractivity contribution in [3.63, 3.8) is 0 Å². The molecule has 0 amide bonds. The second-order valence-corrected chi connectivity index (χ2v) is 4.37. The summed E-state index contributed by atoms with van der Waals surface area (Å²) in [4.78, 5) is 12.7. The van der Waals surface area contributed by atoms with Gasteiger partial charge in [0.25, 0.3) is 0 Å². The molecule has 0 fully saturated rings. The fourth-order valence-corrected chi connectivity index (χ4v) is 2.33. The molecule has 0 N–H and O–H groups in total. The SMILES string of the molecule is CCSc1cccc(CC)c1C(=O)OC. The Morgan fingerprint density at radius 2 is 2.13 bits per heavy atom. The number of methoxy groups -OCH3 is 1. The largest absolute Gasteiger partial charge is 0.465 e. The summed E-state index contributed by atoms with van der Waals surface area (Å²) in [5.74, 6) is 0.723. The third-order valence-electron chi connectivity index (χ3n) is 2.18. The summed E-state index contributed by atoms with van der Waals surface area (Å²) in [6.45, 7) is 4.12. The zero-order chi connectivity index (χ0) is 11.3. The molecule has 2 nitrogen and oxygen atoms in total. The van der Waals surface area contributed by atoms with Crippen molar-refractivity contribution < 1.29 is 9.53 Å². The van der Waals surface area contributed by atoms with Crippen LogP contribution in [-0.4, -0.2) is 18.8 Å². The molecule has 0 aliphatic carbocycles. The zero-order valence-corrected chi connectivity index (χ0v) is 10.2. The van der Waals surface area contributed by atoms with Crippen molar-refractivity contribution in [2.45, 2.75) is 25.2 Å². The van der Waals surface area contributed by atoms with Crippen LogP contribution >= 0.6 is 11.8 Å². The first-order valence-corrected chi connectivity index (χ1v) is 6.06. The molecule has 1 aromatic rings. The third-order valence-corrected chi connectivity index (χ3v) is 3.12. The maximum Gasteiger partial charge on any atom is 0.339 e. The van der Waals surface area contributed by atoms with E-state index in [0.29, 0.717) is 0 Å². The van der Waals surface area contributed by atoms with Crippen molar-refractivity contribution in [3.8, 4) is 0 Å². The highest BCUT2D eigenvalue weighted by molar-refractivity contribution is 7.99. The van der Waals surface area contributed by atoms with Gasteiger partial charge in [0.1, 0.15) is 0 Å². The fourth-order valence-electron chi connectivity index (χ4n) is 1.48. The number of benzene rings is 1. The van der Waals surface area contributed by atoms with Gasteiger partial charge in [0.2, 0.25) is 0 Å². The Morgan fingerprint density at radius 1 is 1.40 bits per heavy atom. The van der Waals surface area contributed by atoms with E-state index in [9.17, 15) is 4.79 Å². The number of rotatable bonds is 4. The quantitative estimate of drug-likeness (QED) is 0.580. The second kappa shape index (κ2) is 5.81. The van der Waals surface area contributed by atoms with E-state index in [1.54, 1.807) is 11.8 Å². The highest BCUT2D eigenvalue weighted by Gasteiger charge is 2.15. The number of hydrogen-bond donors (Lipinski definition) is 0. The Balaban J connectivity index is 3.20. The van der Waals surface area contributed by atoms with Gasteiger partial charge in [0.05, 0.1) is 12.7 Å². The van der Waals surface area contributed by atoms with Crippen molar-refractivity contribution in [1.82, 2.24) is 0 Å². The molecule has 0 atom stereocenters. The third kappa shape index (κ3) is 2.75. The molecule has 1 rings (SSSR count). The first-order chi connectivity index (χ1) is 7.24. The molecule has 0 unspecified atom stereocenters. The summed E-state index contributed by atoms with van der Waals surface area (Å²) in [6.07, 6.45) is 0.850. The molecule has 3 heteroatoms.